The third kappa shape index (κ3) is 8.72. The van der Waals surface area contributed by atoms with Gasteiger partial charge in [-0.25, -0.2) is 17.9 Å². The van der Waals surface area contributed by atoms with Gasteiger partial charge in [0, 0.05) is 24.2 Å². The number of nitrogens with zero attached hydrogens (tertiary/aromatic N) is 3. The van der Waals surface area contributed by atoms with Gasteiger partial charge in [-0.2, -0.15) is 41.4 Å². The minimum absolute atomic E-state index is 0.0673. The van der Waals surface area contributed by atoms with Crippen LogP contribution in [0.5, 0.6) is 5.88 Å². The molecule has 2 aromatic heterocycles. The average Bonchev–Trinajstić information content (AvgIpc) is 3.13. The molecule has 0 fully saturated rings. The molecule has 0 saturated carbocycles. The molecule has 0 atom stereocenters. The molecule has 0 aliphatic carbocycles. The predicted octanol–water partition coefficient (Wildman–Crippen LogP) is 4.27. The van der Waals surface area contributed by atoms with Crippen LogP contribution < -0.4 is 9.47 Å². The van der Waals surface area contributed by atoms with Gasteiger partial charge in [0.1, 0.15) is 0 Å². The lowest BCUT2D eigenvalue weighted by Crippen LogP contribution is -2.34. The van der Waals surface area contributed by atoms with Crippen molar-refractivity contribution in [3.63, 3.8) is 0 Å². The molecule has 0 radical (unpaired) electrons. The SMILES string of the molecule is Cc1cc[n+]([O-])c(S(=O)(=O)Cc2c(C(F)(F)F)nn(C)c2OCC(F)(F)F)c1.O=C(OO)c1cccc(Cl)c1. The van der Waals surface area contributed by atoms with Gasteiger partial charge in [0.15, 0.2) is 18.5 Å². The molecule has 0 aliphatic heterocycles. The number of carbonyl (C=O) groups is 1. The molecule has 39 heavy (non-hydrogen) atoms. The van der Waals surface area contributed by atoms with Crippen LogP contribution in [-0.2, 0) is 33.7 Å². The zero-order valence-corrected chi connectivity index (χ0v) is 21.3. The maximum absolute atomic E-state index is 13.2. The maximum Gasteiger partial charge on any atom is 0.435 e. The fourth-order valence-electron chi connectivity index (χ4n) is 2.97. The van der Waals surface area contributed by atoms with Crippen molar-refractivity contribution in [3.05, 3.63) is 75.2 Å². The highest BCUT2D eigenvalue weighted by Gasteiger charge is 2.42. The molecule has 214 valence electrons. The summed E-state index contributed by atoms with van der Waals surface area (Å²) in [5.74, 6) is -3.26. The molecular formula is C21H18ClF6N3O7S. The van der Waals surface area contributed by atoms with Crippen molar-refractivity contribution in [3.8, 4) is 5.88 Å². The molecule has 0 spiro atoms. The summed E-state index contributed by atoms with van der Waals surface area (Å²) in [5, 5.41) is 22.4. The maximum atomic E-state index is 13.2. The Hall–Kier alpha value is -3.57. The Morgan fingerprint density at radius 2 is 1.82 bits per heavy atom. The number of rotatable bonds is 6. The van der Waals surface area contributed by atoms with E-state index in [2.05, 4.69) is 14.7 Å². The first-order chi connectivity index (χ1) is 17.9. The summed E-state index contributed by atoms with van der Waals surface area (Å²) < 4.78 is 107. The Morgan fingerprint density at radius 3 is 2.36 bits per heavy atom. The quantitative estimate of drug-likeness (QED) is 0.145. The number of alkyl halides is 6. The van der Waals surface area contributed by atoms with E-state index in [9.17, 15) is 44.8 Å². The van der Waals surface area contributed by atoms with Crippen LogP contribution in [0.2, 0.25) is 5.02 Å². The molecular weight excluding hydrogens is 588 g/mol. The van der Waals surface area contributed by atoms with E-state index in [1.807, 2.05) is 0 Å². The standard InChI is InChI=1S/C14H13F6N3O4S.C7H5ClO3/c1-8-3-4-23(24)10(5-8)28(25,26)6-9-11(14(18,19)20)21-22(2)12(9)27-7-13(15,16)17;8-6-3-1-2-5(4-6)7(9)11-10/h3-5H,6-7H2,1-2H3;1-4,10H. The van der Waals surface area contributed by atoms with Crippen LogP contribution in [-0.4, -0.2) is 42.2 Å². The van der Waals surface area contributed by atoms with E-state index in [4.69, 9.17) is 16.9 Å². The lowest BCUT2D eigenvalue weighted by molar-refractivity contribution is -0.646. The van der Waals surface area contributed by atoms with Crippen molar-refractivity contribution < 1.29 is 59.2 Å². The van der Waals surface area contributed by atoms with E-state index in [-0.39, 0.29) is 10.3 Å². The van der Waals surface area contributed by atoms with Crippen LogP contribution in [0.15, 0.2) is 47.6 Å². The molecule has 0 bridgehead atoms. The molecule has 10 nitrogen and oxygen atoms in total. The third-order valence-corrected chi connectivity index (χ3v) is 6.41. The molecule has 0 aliphatic rings. The largest absolute Gasteiger partial charge is 0.618 e. The van der Waals surface area contributed by atoms with Gasteiger partial charge in [-0.15, -0.1) is 0 Å². The second-order valence-electron chi connectivity index (χ2n) is 7.67. The molecule has 2 heterocycles. The van der Waals surface area contributed by atoms with Crippen LogP contribution in [0, 0.1) is 12.1 Å². The summed E-state index contributed by atoms with van der Waals surface area (Å²) in [5.41, 5.74) is -2.29. The lowest BCUT2D eigenvalue weighted by atomic mass is 10.2. The number of ether oxygens (including phenoxy) is 1. The van der Waals surface area contributed by atoms with Crippen molar-refractivity contribution in [1.82, 2.24) is 9.78 Å². The highest BCUT2D eigenvalue weighted by molar-refractivity contribution is 7.90. The summed E-state index contributed by atoms with van der Waals surface area (Å²) in [6.07, 6.45) is -9.20. The number of halogens is 7. The van der Waals surface area contributed by atoms with E-state index in [1.165, 1.54) is 25.1 Å². The fraction of sp³-hybridized carbons (Fsp3) is 0.286. The van der Waals surface area contributed by atoms with E-state index >= 15 is 0 Å². The summed E-state index contributed by atoms with van der Waals surface area (Å²) in [6, 6.07) is 8.31. The van der Waals surface area contributed by atoms with Gasteiger partial charge < -0.3 is 9.94 Å². The van der Waals surface area contributed by atoms with Gasteiger partial charge in [-0.05, 0) is 30.7 Å². The van der Waals surface area contributed by atoms with Gasteiger partial charge in [0.05, 0.1) is 16.9 Å². The van der Waals surface area contributed by atoms with Gasteiger partial charge in [-0.1, -0.05) is 17.7 Å². The summed E-state index contributed by atoms with van der Waals surface area (Å²) >= 11 is 5.56. The number of pyridine rings is 1. The monoisotopic (exact) mass is 605 g/mol. The Bertz CT molecular complexity index is 1440. The zero-order chi connectivity index (χ0) is 29.8. The fourth-order valence-corrected chi connectivity index (χ4v) is 4.64. The van der Waals surface area contributed by atoms with Gasteiger partial charge in [-0.3, -0.25) is 4.89 Å². The molecule has 3 aromatic rings. The number of hydrogen-bond acceptors (Lipinski definition) is 8. The van der Waals surface area contributed by atoms with Crippen molar-refractivity contribution in [2.75, 3.05) is 6.61 Å². The second kappa shape index (κ2) is 12.1. The highest BCUT2D eigenvalue weighted by Crippen LogP contribution is 2.37. The Labute approximate surface area is 221 Å². The normalized spacial score (nSPS) is 11.9. The minimum Gasteiger partial charge on any atom is -0.618 e. The van der Waals surface area contributed by atoms with Crippen LogP contribution in [0.25, 0.3) is 0 Å². The van der Waals surface area contributed by atoms with Crippen LogP contribution in [0.3, 0.4) is 0 Å². The van der Waals surface area contributed by atoms with Gasteiger partial charge >= 0.3 is 23.3 Å². The third-order valence-electron chi connectivity index (χ3n) is 4.57. The molecule has 1 N–H and O–H groups in total. The molecule has 0 unspecified atom stereocenters. The van der Waals surface area contributed by atoms with Gasteiger partial charge in [0.2, 0.25) is 15.7 Å². The highest BCUT2D eigenvalue weighted by atomic mass is 35.5. The molecule has 18 heteroatoms. The van der Waals surface area contributed by atoms with Crippen LogP contribution >= 0.6 is 11.6 Å². The minimum atomic E-state index is -5.16. The molecule has 0 amide bonds. The molecule has 1 aromatic carbocycles. The van der Waals surface area contributed by atoms with E-state index in [0.717, 1.165) is 19.3 Å². The Morgan fingerprint density at radius 1 is 1.18 bits per heavy atom. The van der Waals surface area contributed by atoms with Crippen LogP contribution in [0.1, 0.15) is 27.2 Å². The first-order valence-electron chi connectivity index (χ1n) is 10.2. The summed E-state index contributed by atoms with van der Waals surface area (Å²) in [7, 11) is -3.80. The Balaban J connectivity index is 0.000000404. The molecule has 0 saturated heterocycles. The number of benzene rings is 1. The number of aryl methyl sites for hydroxylation is 2. The van der Waals surface area contributed by atoms with Crippen molar-refractivity contribution in [2.45, 2.75) is 30.1 Å². The van der Waals surface area contributed by atoms with Crippen molar-refractivity contribution in [1.29, 1.82) is 0 Å². The zero-order valence-electron chi connectivity index (χ0n) is 19.7. The number of aromatic nitrogens is 3. The topological polar surface area (TPSA) is 135 Å². The average molecular weight is 606 g/mol. The van der Waals surface area contributed by atoms with Crippen molar-refractivity contribution >= 4 is 27.4 Å². The van der Waals surface area contributed by atoms with E-state index in [1.54, 1.807) is 12.1 Å². The second-order valence-corrected chi connectivity index (χ2v) is 10.0. The predicted molar refractivity (Wildman–Crippen MR) is 120 cm³/mol. The first kappa shape index (κ1) is 31.6. The summed E-state index contributed by atoms with van der Waals surface area (Å²) in [4.78, 5) is 14.1. The number of carbonyl (C=O) groups excluding carboxylic acids is 1. The Kier molecular flexibility index (Phi) is 9.81. The summed E-state index contributed by atoms with van der Waals surface area (Å²) in [6.45, 7) is -0.509. The molecule has 3 rings (SSSR count). The smallest absolute Gasteiger partial charge is 0.435 e. The van der Waals surface area contributed by atoms with E-state index < -0.39 is 62.7 Å². The van der Waals surface area contributed by atoms with Crippen LogP contribution in [0.4, 0.5) is 26.3 Å². The first-order valence-corrected chi connectivity index (χ1v) is 12.2. The number of sulfone groups is 1. The number of hydrogen-bond donors (Lipinski definition) is 1. The van der Waals surface area contributed by atoms with Crippen molar-refractivity contribution in [2.24, 2.45) is 7.05 Å². The van der Waals surface area contributed by atoms with E-state index in [0.29, 0.717) is 15.3 Å². The van der Waals surface area contributed by atoms with Gasteiger partial charge in [0.25, 0.3) is 0 Å². The lowest BCUT2D eigenvalue weighted by Gasteiger charge is -2.12.